The first-order chi connectivity index (χ1) is 20.5. The van der Waals surface area contributed by atoms with Crippen molar-refractivity contribution in [2.45, 2.75) is 18.0 Å². The fourth-order valence-corrected chi connectivity index (χ4v) is 4.78. The van der Waals surface area contributed by atoms with Crippen LogP contribution in [0.4, 0.5) is 24.5 Å². The van der Waals surface area contributed by atoms with Gasteiger partial charge in [0.05, 0.1) is 22.0 Å². The maximum atomic E-state index is 13.3. The van der Waals surface area contributed by atoms with Crippen molar-refractivity contribution in [3.8, 4) is 0 Å². The Morgan fingerprint density at radius 3 is 2.33 bits per heavy atom. The van der Waals surface area contributed by atoms with E-state index in [4.69, 9.17) is 11.6 Å². The van der Waals surface area contributed by atoms with Gasteiger partial charge in [0.1, 0.15) is 5.70 Å². The summed E-state index contributed by atoms with van der Waals surface area (Å²) in [5, 5.41) is 7.84. The van der Waals surface area contributed by atoms with Crippen molar-refractivity contribution in [2.75, 3.05) is 16.4 Å². The van der Waals surface area contributed by atoms with Gasteiger partial charge in [0.15, 0.2) is 0 Å². The summed E-state index contributed by atoms with van der Waals surface area (Å²) in [4.78, 5) is 39.3. The Morgan fingerprint density at radius 2 is 1.60 bits per heavy atom. The molecule has 0 heterocycles. The van der Waals surface area contributed by atoms with Crippen molar-refractivity contribution < 1.29 is 27.6 Å². The second-order valence-electron chi connectivity index (χ2n) is 9.30. The third-order valence-electron chi connectivity index (χ3n) is 5.91. The van der Waals surface area contributed by atoms with Crippen molar-refractivity contribution in [3.05, 3.63) is 130 Å². The number of aryl methyl sites for hydroxylation is 1. The molecule has 0 fully saturated rings. The number of rotatable bonds is 9. The van der Waals surface area contributed by atoms with Gasteiger partial charge in [-0.2, -0.15) is 13.2 Å². The Labute approximate surface area is 255 Å². The molecule has 4 rings (SSSR count). The third kappa shape index (κ3) is 9.22. The fourth-order valence-electron chi connectivity index (χ4n) is 3.86. The highest BCUT2D eigenvalue weighted by molar-refractivity contribution is 8.00. The summed E-state index contributed by atoms with van der Waals surface area (Å²) in [6.45, 7) is 1.91. The van der Waals surface area contributed by atoms with Crippen LogP contribution in [-0.4, -0.2) is 23.5 Å². The number of carbonyl (C=O) groups excluding carboxylic acids is 3. The third-order valence-corrected chi connectivity index (χ3v) is 7.23. The van der Waals surface area contributed by atoms with Gasteiger partial charge in [-0.1, -0.05) is 65.7 Å². The van der Waals surface area contributed by atoms with Crippen molar-refractivity contribution in [3.63, 3.8) is 0 Å². The molecular formula is C32H25ClF3N3O3S. The van der Waals surface area contributed by atoms with E-state index in [-0.39, 0.29) is 22.2 Å². The highest BCUT2D eigenvalue weighted by atomic mass is 35.5. The van der Waals surface area contributed by atoms with Gasteiger partial charge in [-0.25, -0.2) is 0 Å². The number of benzene rings is 4. The van der Waals surface area contributed by atoms with E-state index in [1.807, 2.05) is 31.2 Å². The quantitative estimate of drug-likeness (QED) is 0.131. The monoisotopic (exact) mass is 623 g/mol. The average Bonchev–Trinajstić information content (AvgIpc) is 2.97. The van der Waals surface area contributed by atoms with E-state index < -0.39 is 29.5 Å². The Kier molecular flexibility index (Phi) is 10.3. The number of hydrogen-bond donors (Lipinski definition) is 3. The van der Waals surface area contributed by atoms with Crippen LogP contribution in [0.3, 0.4) is 0 Å². The molecule has 3 amide bonds. The molecule has 11 heteroatoms. The maximum Gasteiger partial charge on any atom is 0.416 e. The molecule has 0 aliphatic carbocycles. The van der Waals surface area contributed by atoms with Gasteiger partial charge in [0.2, 0.25) is 5.91 Å². The lowest BCUT2D eigenvalue weighted by Gasteiger charge is -2.13. The molecule has 6 nitrogen and oxygen atoms in total. The van der Waals surface area contributed by atoms with E-state index in [2.05, 4.69) is 16.0 Å². The van der Waals surface area contributed by atoms with Gasteiger partial charge >= 0.3 is 6.18 Å². The van der Waals surface area contributed by atoms with Gasteiger partial charge in [-0.3, -0.25) is 14.4 Å². The normalized spacial score (nSPS) is 11.5. The van der Waals surface area contributed by atoms with Gasteiger partial charge in [-0.05, 0) is 67.1 Å². The van der Waals surface area contributed by atoms with Crippen LogP contribution in [0, 0.1) is 6.92 Å². The standard InChI is InChI=1S/C32H25ClF3N3O3S/c1-20-7-5-8-21(15-20)16-28(39-30(41)22-9-3-2-4-10-22)31(42)37-24-11-6-12-25(18-24)43-19-29(40)38-27-17-23(32(34,35)36)13-14-26(27)33/h2-18H,19H2,1H3,(H,37,42)(H,38,40)(H,39,41)/b28-16+. The summed E-state index contributed by atoms with van der Waals surface area (Å²) >= 11 is 7.08. The second kappa shape index (κ2) is 14.1. The summed E-state index contributed by atoms with van der Waals surface area (Å²) in [5.41, 5.74) is 1.43. The molecule has 0 spiro atoms. The van der Waals surface area contributed by atoms with E-state index >= 15 is 0 Å². The average molecular weight is 624 g/mol. The zero-order valence-electron chi connectivity index (χ0n) is 22.7. The van der Waals surface area contributed by atoms with E-state index in [0.717, 1.165) is 41.1 Å². The number of anilines is 2. The van der Waals surface area contributed by atoms with E-state index in [1.165, 1.54) is 0 Å². The van der Waals surface area contributed by atoms with Crippen molar-refractivity contribution in [2.24, 2.45) is 0 Å². The number of thioether (sulfide) groups is 1. The van der Waals surface area contributed by atoms with Crippen LogP contribution in [0.1, 0.15) is 27.0 Å². The van der Waals surface area contributed by atoms with Crippen LogP contribution in [0.25, 0.3) is 6.08 Å². The Morgan fingerprint density at radius 1 is 0.860 bits per heavy atom. The molecule has 0 unspecified atom stereocenters. The molecule has 0 aliphatic rings. The molecule has 0 aliphatic heterocycles. The molecule has 0 bridgehead atoms. The fraction of sp³-hybridized carbons (Fsp3) is 0.0938. The van der Waals surface area contributed by atoms with Crippen LogP contribution in [-0.2, 0) is 15.8 Å². The van der Waals surface area contributed by atoms with Crippen LogP contribution >= 0.6 is 23.4 Å². The lowest BCUT2D eigenvalue weighted by molar-refractivity contribution is -0.137. The first kappa shape index (κ1) is 31.4. The molecule has 0 radical (unpaired) electrons. The zero-order chi connectivity index (χ0) is 31.0. The van der Waals surface area contributed by atoms with E-state index in [1.54, 1.807) is 60.7 Å². The smallest absolute Gasteiger partial charge is 0.324 e. The van der Waals surface area contributed by atoms with E-state index in [0.29, 0.717) is 16.1 Å². The molecular weight excluding hydrogens is 599 g/mol. The number of amides is 3. The topological polar surface area (TPSA) is 87.3 Å². The van der Waals surface area contributed by atoms with Crippen LogP contribution in [0.15, 0.2) is 108 Å². The molecule has 0 atom stereocenters. The number of carbonyl (C=O) groups is 3. The van der Waals surface area contributed by atoms with E-state index in [9.17, 15) is 27.6 Å². The maximum absolute atomic E-state index is 13.3. The molecule has 4 aromatic carbocycles. The van der Waals surface area contributed by atoms with Crippen LogP contribution in [0.2, 0.25) is 5.02 Å². The van der Waals surface area contributed by atoms with Gasteiger partial charge in [0.25, 0.3) is 11.8 Å². The highest BCUT2D eigenvalue weighted by Crippen LogP contribution is 2.34. The Balaban J connectivity index is 1.45. The van der Waals surface area contributed by atoms with Crippen molar-refractivity contribution in [1.29, 1.82) is 0 Å². The largest absolute Gasteiger partial charge is 0.416 e. The molecule has 220 valence electrons. The van der Waals surface area contributed by atoms with Crippen LogP contribution < -0.4 is 16.0 Å². The minimum atomic E-state index is -4.58. The summed E-state index contributed by atoms with van der Waals surface area (Å²) in [5.74, 6) is -1.71. The van der Waals surface area contributed by atoms with Gasteiger partial charge < -0.3 is 16.0 Å². The lowest BCUT2D eigenvalue weighted by Crippen LogP contribution is -2.30. The summed E-state index contributed by atoms with van der Waals surface area (Å²) < 4.78 is 39.1. The molecule has 4 aromatic rings. The first-order valence-electron chi connectivity index (χ1n) is 12.8. The number of hydrogen-bond acceptors (Lipinski definition) is 4. The van der Waals surface area contributed by atoms with Gasteiger partial charge in [-0.15, -0.1) is 11.8 Å². The Hall–Kier alpha value is -4.54. The SMILES string of the molecule is Cc1cccc(/C=C(/NC(=O)c2ccccc2)C(=O)Nc2cccc(SCC(=O)Nc3cc(C(F)(F)F)ccc3Cl)c2)c1. The zero-order valence-corrected chi connectivity index (χ0v) is 24.2. The molecule has 0 saturated carbocycles. The lowest BCUT2D eigenvalue weighted by atomic mass is 10.1. The second-order valence-corrected chi connectivity index (χ2v) is 10.8. The number of alkyl halides is 3. The minimum absolute atomic E-state index is 0.0230. The molecule has 43 heavy (non-hydrogen) atoms. The predicted octanol–water partition coefficient (Wildman–Crippen LogP) is 7.81. The summed E-state index contributed by atoms with van der Waals surface area (Å²) in [7, 11) is 0. The molecule has 3 N–H and O–H groups in total. The first-order valence-corrected chi connectivity index (χ1v) is 14.2. The van der Waals surface area contributed by atoms with Crippen molar-refractivity contribution in [1.82, 2.24) is 5.32 Å². The summed E-state index contributed by atoms with van der Waals surface area (Å²) in [6.07, 6.45) is -3.01. The van der Waals surface area contributed by atoms with Crippen LogP contribution in [0.5, 0.6) is 0 Å². The Bertz CT molecular complexity index is 1680. The number of nitrogens with one attached hydrogen (secondary N) is 3. The molecule has 0 saturated heterocycles. The number of halogens is 4. The highest BCUT2D eigenvalue weighted by Gasteiger charge is 2.31. The van der Waals surface area contributed by atoms with Crippen molar-refractivity contribution >= 4 is 58.5 Å². The molecule has 0 aromatic heterocycles. The minimum Gasteiger partial charge on any atom is -0.324 e. The summed E-state index contributed by atoms with van der Waals surface area (Å²) in [6, 6.07) is 25.3. The van der Waals surface area contributed by atoms with Gasteiger partial charge in [0, 0.05) is 16.1 Å². The predicted molar refractivity (Wildman–Crippen MR) is 164 cm³/mol.